The Kier molecular flexibility index (Phi) is 6.98. The second-order valence-electron chi connectivity index (χ2n) is 8.75. The number of anilines is 2. The molecule has 2 aliphatic heterocycles. The number of rotatable bonds is 8. The molecule has 184 valence electrons. The van der Waals surface area contributed by atoms with Crippen molar-refractivity contribution in [2.24, 2.45) is 5.92 Å². The topological polar surface area (TPSA) is 107 Å². The monoisotopic (exact) mass is 498 g/mol. The fourth-order valence-corrected chi connectivity index (χ4v) is 4.73. The summed E-state index contributed by atoms with van der Waals surface area (Å²) in [5.74, 6) is -1.69. The number of amides is 2. The van der Waals surface area contributed by atoms with Gasteiger partial charge in [-0.15, -0.1) is 0 Å². The first-order chi connectivity index (χ1) is 16.7. The van der Waals surface area contributed by atoms with E-state index in [2.05, 4.69) is 0 Å². The zero-order chi connectivity index (χ0) is 25.3. The van der Waals surface area contributed by atoms with Crippen LogP contribution in [0.15, 0.2) is 54.6 Å². The molecule has 8 nitrogen and oxygen atoms in total. The quantitative estimate of drug-likeness (QED) is 0.328. The predicted octanol–water partition coefficient (Wildman–Crippen LogP) is 3.28. The second kappa shape index (κ2) is 9.81. The molecule has 2 aromatic carbocycles. The van der Waals surface area contributed by atoms with Crippen LogP contribution in [0.25, 0.3) is 0 Å². The van der Waals surface area contributed by atoms with Gasteiger partial charge < -0.3 is 19.8 Å². The summed E-state index contributed by atoms with van der Waals surface area (Å²) in [6.45, 7) is 3.15. The smallest absolute Gasteiger partial charge is 0.304 e. The van der Waals surface area contributed by atoms with Crippen LogP contribution >= 0.6 is 11.6 Å². The predicted molar refractivity (Wildman–Crippen MR) is 131 cm³/mol. The maximum absolute atomic E-state index is 13.6. The zero-order valence-electron chi connectivity index (χ0n) is 19.5. The number of carbonyl (C=O) groups excluding carboxylic acids is 3. The summed E-state index contributed by atoms with van der Waals surface area (Å²) in [6, 6.07) is 12.0. The molecule has 1 unspecified atom stereocenters. The summed E-state index contributed by atoms with van der Waals surface area (Å²) in [4.78, 5) is 40.1. The van der Waals surface area contributed by atoms with Crippen LogP contribution in [0.2, 0.25) is 5.02 Å². The normalized spacial score (nSPS) is 22.4. The van der Waals surface area contributed by atoms with Gasteiger partial charge in [-0.3, -0.25) is 19.3 Å². The van der Waals surface area contributed by atoms with Crippen LogP contribution in [-0.4, -0.2) is 40.8 Å². The molecule has 0 aliphatic carbocycles. The number of β-lactam (4-membered cyclic amide) rings is 1. The largest absolute Gasteiger partial charge is 0.441 e. The minimum Gasteiger partial charge on any atom is -0.441 e. The van der Waals surface area contributed by atoms with Gasteiger partial charge in [0.1, 0.15) is 0 Å². The first-order valence-electron chi connectivity index (χ1n) is 11.4. The lowest BCUT2D eigenvalue weighted by Gasteiger charge is -2.39. The Bertz CT molecular complexity index is 1200. The van der Waals surface area contributed by atoms with Crippen molar-refractivity contribution in [1.29, 1.82) is 0 Å². The van der Waals surface area contributed by atoms with Gasteiger partial charge in [0.05, 0.1) is 18.7 Å². The van der Waals surface area contributed by atoms with Crippen LogP contribution in [0.4, 0.5) is 11.4 Å². The van der Waals surface area contributed by atoms with Gasteiger partial charge in [-0.1, -0.05) is 42.8 Å². The maximum atomic E-state index is 13.6. The van der Waals surface area contributed by atoms with E-state index < -0.39 is 29.6 Å². The van der Waals surface area contributed by atoms with Crippen molar-refractivity contribution in [3.63, 3.8) is 0 Å². The van der Waals surface area contributed by atoms with Gasteiger partial charge >= 0.3 is 5.97 Å². The average molecular weight is 499 g/mol. The third kappa shape index (κ3) is 4.57. The number of esters is 1. The van der Waals surface area contributed by atoms with Crippen molar-refractivity contribution in [3.8, 4) is 0 Å². The Labute approximate surface area is 208 Å². The first kappa shape index (κ1) is 24.9. The number of benzene rings is 2. The summed E-state index contributed by atoms with van der Waals surface area (Å²) >= 11 is 6.21. The molecule has 3 atom stereocenters. The molecule has 2 aliphatic rings. The van der Waals surface area contributed by atoms with Gasteiger partial charge in [-0.2, -0.15) is 0 Å². The Morgan fingerprint density at radius 2 is 2.06 bits per heavy atom. The minimum atomic E-state index is -1.82. The van der Waals surface area contributed by atoms with Gasteiger partial charge in [0.25, 0.3) is 5.91 Å². The van der Waals surface area contributed by atoms with Crippen molar-refractivity contribution in [3.05, 3.63) is 70.8 Å². The molecule has 2 aromatic rings. The lowest BCUT2D eigenvalue weighted by Crippen LogP contribution is -2.54. The highest BCUT2D eigenvalue weighted by atomic mass is 35.5. The van der Waals surface area contributed by atoms with E-state index in [0.29, 0.717) is 28.4 Å². The molecular weight excluding hydrogens is 472 g/mol. The van der Waals surface area contributed by atoms with E-state index in [9.17, 15) is 19.5 Å². The molecule has 0 radical (unpaired) electrons. The van der Waals surface area contributed by atoms with Crippen molar-refractivity contribution >= 4 is 40.8 Å². The number of aliphatic hydroxyl groups excluding tert-OH is 1. The van der Waals surface area contributed by atoms with Crippen LogP contribution in [0, 0.1) is 5.92 Å². The van der Waals surface area contributed by atoms with E-state index in [1.165, 1.54) is 16.7 Å². The van der Waals surface area contributed by atoms with E-state index in [0.717, 1.165) is 5.56 Å². The molecule has 2 amide bonds. The Morgan fingerprint density at radius 1 is 1.29 bits per heavy atom. The minimum absolute atomic E-state index is 0.0295. The average Bonchev–Trinajstić information content (AvgIpc) is 3.01. The lowest BCUT2D eigenvalue weighted by atomic mass is 9.83. The number of halogens is 1. The first-order valence-corrected chi connectivity index (χ1v) is 11.7. The van der Waals surface area contributed by atoms with Gasteiger partial charge in [0.15, 0.2) is 11.8 Å². The Morgan fingerprint density at radius 3 is 2.74 bits per heavy atom. The van der Waals surface area contributed by atoms with Gasteiger partial charge in [-0.05, 0) is 42.3 Å². The molecule has 1 fully saturated rings. The molecular formula is C26H27ClN2O6. The van der Waals surface area contributed by atoms with Crippen LogP contribution in [0.5, 0.6) is 0 Å². The number of hydrogen-bond acceptors (Lipinski definition) is 6. The Hall–Kier alpha value is -3.20. The number of aliphatic hydroxyl groups is 2. The third-order valence-corrected chi connectivity index (χ3v) is 6.58. The van der Waals surface area contributed by atoms with Gasteiger partial charge in [0.2, 0.25) is 5.91 Å². The molecule has 0 saturated carbocycles. The SMILES string of the molecule is CC(=O)OC1CC(=O)N1c1cccc(CN2C(=O)[C@](O)([C@H](C)/C=C/CCO)c3cc(Cl)ccc32)c1. The van der Waals surface area contributed by atoms with E-state index in [4.69, 9.17) is 21.4 Å². The zero-order valence-corrected chi connectivity index (χ0v) is 20.2. The number of hydrogen-bond donors (Lipinski definition) is 2. The summed E-state index contributed by atoms with van der Waals surface area (Å²) in [5, 5.41) is 21.1. The van der Waals surface area contributed by atoms with E-state index in [1.54, 1.807) is 55.5 Å². The summed E-state index contributed by atoms with van der Waals surface area (Å²) in [7, 11) is 0. The molecule has 35 heavy (non-hydrogen) atoms. The molecule has 1 saturated heterocycles. The van der Waals surface area contributed by atoms with Crippen molar-refractivity contribution in [2.45, 2.75) is 45.1 Å². The highest BCUT2D eigenvalue weighted by Gasteiger charge is 2.52. The van der Waals surface area contributed by atoms with Crippen molar-refractivity contribution in [2.75, 3.05) is 16.4 Å². The van der Waals surface area contributed by atoms with Crippen LogP contribution in [0.3, 0.4) is 0 Å². The summed E-state index contributed by atoms with van der Waals surface area (Å²) < 4.78 is 5.20. The summed E-state index contributed by atoms with van der Waals surface area (Å²) in [6.07, 6.45) is 3.33. The van der Waals surface area contributed by atoms with Gasteiger partial charge in [-0.25, -0.2) is 0 Å². The number of carbonyl (C=O) groups is 3. The lowest BCUT2D eigenvalue weighted by molar-refractivity contribution is -0.153. The van der Waals surface area contributed by atoms with Crippen LogP contribution in [0.1, 0.15) is 37.8 Å². The van der Waals surface area contributed by atoms with E-state index in [-0.39, 0.29) is 25.5 Å². The molecule has 0 aromatic heterocycles. The standard InChI is InChI=1S/C26H27ClN2O6/c1-16(6-3-4-11-30)26(34)21-13-19(27)9-10-22(21)28(25(26)33)15-18-7-5-8-20(12-18)29-23(32)14-24(29)35-17(2)31/h3,5-10,12-13,16,24,30,34H,4,11,14-15H2,1-2H3/b6-3+/t16-,24?,26+/m1/s1. The molecule has 9 heteroatoms. The number of nitrogens with zero attached hydrogens (tertiary/aromatic N) is 2. The Balaban J connectivity index is 1.64. The van der Waals surface area contributed by atoms with E-state index in [1.807, 2.05) is 6.07 Å². The van der Waals surface area contributed by atoms with Gasteiger partial charge in [0, 0.05) is 35.7 Å². The van der Waals surface area contributed by atoms with E-state index >= 15 is 0 Å². The summed E-state index contributed by atoms with van der Waals surface area (Å²) in [5.41, 5.74) is 0.430. The highest BCUT2D eigenvalue weighted by Crippen LogP contribution is 2.47. The second-order valence-corrected chi connectivity index (χ2v) is 9.19. The van der Waals surface area contributed by atoms with Crippen LogP contribution < -0.4 is 9.80 Å². The molecule has 0 spiro atoms. The third-order valence-electron chi connectivity index (χ3n) is 6.35. The van der Waals surface area contributed by atoms with Crippen molar-refractivity contribution in [1.82, 2.24) is 0 Å². The number of ether oxygens (including phenoxy) is 1. The van der Waals surface area contributed by atoms with Crippen LogP contribution in [-0.2, 0) is 31.3 Å². The molecule has 0 bridgehead atoms. The number of fused-ring (bicyclic) bond motifs is 1. The fourth-order valence-electron chi connectivity index (χ4n) is 4.56. The fraction of sp³-hybridized carbons (Fsp3) is 0.346. The molecule has 2 heterocycles. The highest BCUT2D eigenvalue weighted by molar-refractivity contribution is 6.31. The van der Waals surface area contributed by atoms with Crippen molar-refractivity contribution < 1.29 is 29.3 Å². The molecule has 4 rings (SSSR count). The molecule has 2 N–H and O–H groups in total. The maximum Gasteiger partial charge on any atom is 0.304 e.